The van der Waals surface area contributed by atoms with Crippen LogP contribution in [0.4, 0.5) is 4.39 Å². The summed E-state index contributed by atoms with van der Waals surface area (Å²) in [5.41, 5.74) is 0.601. The van der Waals surface area contributed by atoms with Crippen molar-refractivity contribution in [2.45, 2.75) is 26.2 Å². The van der Waals surface area contributed by atoms with Crippen LogP contribution < -0.4 is 0 Å². The van der Waals surface area contributed by atoms with Gasteiger partial charge in [-0.05, 0) is 23.1 Å². The summed E-state index contributed by atoms with van der Waals surface area (Å²) < 4.78 is 18.3. The molecule has 3 rings (SSSR count). The molecular weight excluding hydrogens is 293 g/mol. The summed E-state index contributed by atoms with van der Waals surface area (Å²) in [6, 6.07) is 6.47. The monoisotopic (exact) mass is 305 g/mol. The number of nitrogens with zero attached hydrogens (tertiary/aromatic N) is 3. The summed E-state index contributed by atoms with van der Waals surface area (Å²) in [5, 5.41) is 13.3. The van der Waals surface area contributed by atoms with Gasteiger partial charge in [0, 0.05) is 11.4 Å². The van der Waals surface area contributed by atoms with Gasteiger partial charge in [-0.2, -0.15) is 10.2 Å². The van der Waals surface area contributed by atoms with Gasteiger partial charge in [0.2, 0.25) is 5.89 Å². The van der Waals surface area contributed by atoms with Gasteiger partial charge in [-0.3, -0.25) is 0 Å². The third-order valence-electron chi connectivity index (χ3n) is 4.08. The number of hydrogen-bond acceptors (Lipinski definition) is 4. The van der Waals surface area contributed by atoms with E-state index in [2.05, 4.69) is 16.2 Å². The first-order valence-corrected chi connectivity index (χ1v) is 6.97. The van der Waals surface area contributed by atoms with E-state index in [-0.39, 0.29) is 23.1 Å². The summed E-state index contributed by atoms with van der Waals surface area (Å²) in [4.78, 5) is 4.34. The van der Waals surface area contributed by atoms with Gasteiger partial charge in [-0.15, -0.1) is 0 Å². The van der Waals surface area contributed by atoms with E-state index < -0.39 is 0 Å². The zero-order valence-electron chi connectivity index (χ0n) is 11.6. The van der Waals surface area contributed by atoms with Crippen LogP contribution in [0, 0.1) is 28.5 Å². The van der Waals surface area contributed by atoms with E-state index in [1.807, 2.05) is 13.8 Å². The molecule has 1 heterocycles. The van der Waals surface area contributed by atoms with Crippen LogP contribution in [-0.4, -0.2) is 10.1 Å². The van der Waals surface area contributed by atoms with Crippen molar-refractivity contribution in [1.82, 2.24) is 10.1 Å². The molecule has 0 radical (unpaired) electrons. The zero-order chi connectivity index (χ0) is 15.2. The van der Waals surface area contributed by atoms with Crippen molar-refractivity contribution in [3.63, 3.8) is 0 Å². The molecule has 0 N–H and O–H groups in total. The number of benzene rings is 1. The Balaban J connectivity index is 1.79. The van der Waals surface area contributed by atoms with Crippen LogP contribution in [0.25, 0.3) is 0 Å². The van der Waals surface area contributed by atoms with E-state index in [1.165, 1.54) is 12.1 Å². The highest BCUT2D eigenvalue weighted by Gasteiger charge is 2.62. The van der Waals surface area contributed by atoms with Gasteiger partial charge >= 0.3 is 0 Å². The molecule has 4 nitrogen and oxygen atoms in total. The Morgan fingerprint density at radius 3 is 2.86 bits per heavy atom. The minimum Gasteiger partial charge on any atom is -0.339 e. The minimum atomic E-state index is -0.380. The first kappa shape index (κ1) is 14.0. The number of nitriles is 1. The van der Waals surface area contributed by atoms with Gasteiger partial charge in [-0.25, -0.2) is 4.39 Å². The Morgan fingerprint density at radius 1 is 1.48 bits per heavy atom. The average molecular weight is 306 g/mol. The Bertz CT molecular complexity index is 735. The second-order valence-corrected chi connectivity index (χ2v) is 6.27. The van der Waals surface area contributed by atoms with Crippen LogP contribution in [0.1, 0.15) is 37.0 Å². The highest BCUT2D eigenvalue weighted by Crippen LogP contribution is 2.63. The SMILES string of the molecule is CC1(C)C(C#N)C1c1nc(Cc2ccc(F)cc2Cl)no1. The highest BCUT2D eigenvalue weighted by molar-refractivity contribution is 6.31. The summed E-state index contributed by atoms with van der Waals surface area (Å²) in [6.45, 7) is 4.01. The van der Waals surface area contributed by atoms with E-state index in [0.717, 1.165) is 5.56 Å². The van der Waals surface area contributed by atoms with E-state index >= 15 is 0 Å². The van der Waals surface area contributed by atoms with E-state index in [0.29, 0.717) is 23.2 Å². The van der Waals surface area contributed by atoms with Crippen molar-refractivity contribution in [3.8, 4) is 6.07 Å². The van der Waals surface area contributed by atoms with E-state index in [9.17, 15) is 4.39 Å². The van der Waals surface area contributed by atoms with Crippen LogP contribution in [-0.2, 0) is 6.42 Å². The molecule has 1 saturated carbocycles. The van der Waals surface area contributed by atoms with Crippen LogP contribution >= 0.6 is 11.6 Å². The van der Waals surface area contributed by atoms with Gasteiger partial charge in [0.05, 0.1) is 17.9 Å². The fourth-order valence-corrected chi connectivity index (χ4v) is 2.87. The first-order valence-electron chi connectivity index (χ1n) is 6.59. The lowest BCUT2D eigenvalue weighted by atomic mass is 10.1. The topological polar surface area (TPSA) is 62.7 Å². The Kier molecular flexibility index (Phi) is 3.22. The predicted octanol–water partition coefficient (Wildman–Crippen LogP) is 3.72. The number of hydrogen-bond donors (Lipinski definition) is 0. The lowest BCUT2D eigenvalue weighted by Gasteiger charge is -2.00. The lowest BCUT2D eigenvalue weighted by Crippen LogP contribution is -1.94. The molecule has 2 aromatic rings. The van der Waals surface area contributed by atoms with Crippen molar-refractivity contribution in [3.05, 3.63) is 46.3 Å². The lowest BCUT2D eigenvalue weighted by molar-refractivity contribution is 0.363. The third kappa shape index (κ3) is 2.40. The molecule has 108 valence electrons. The van der Waals surface area contributed by atoms with Crippen molar-refractivity contribution in [2.75, 3.05) is 0 Å². The molecule has 0 spiro atoms. The fraction of sp³-hybridized carbons (Fsp3) is 0.400. The Hall–Kier alpha value is -1.93. The standard InChI is InChI=1S/C15H13ClFN3O/c1-15(2)10(7-18)13(15)14-19-12(20-21-14)5-8-3-4-9(17)6-11(8)16/h3-4,6,10,13H,5H2,1-2H3. The number of halogens is 2. The highest BCUT2D eigenvalue weighted by atomic mass is 35.5. The summed E-state index contributed by atoms with van der Waals surface area (Å²) >= 11 is 5.98. The molecule has 21 heavy (non-hydrogen) atoms. The summed E-state index contributed by atoms with van der Waals surface area (Å²) in [7, 11) is 0. The Labute approximate surface area is 126 Å². The quantitative estimate of drug-likeness (QED) is 0.867. The molecule has 0 bridgehead atoms. The molecule has 1 aromatic carbocycles. The van der Waals surface area contributed by atoms with Crippen LogP contribution in [0.5, 0.6) is 0 Å². The van der Waals surface area contributed by atoms with Crippen molar-refractivity contribution in [1.29, 1.82) is 5.26 Å². The fourth-order valence-electron chi connectivity index (χ4n) is 2.64. The largest absolute Gasteiger partial charge is 0.339 e. The second-order valence-electron chi connectivity index (χ2n) is 5.87. The summed E-state index contributed by atoms with van der Waals surface area (Å²) in [5.74, 6) is 0.472. The molecule has 2 atom stereocenters. The molecule has 0 aliphatic heterocycles. The average Bonchev–Trinajstić information content (AvgIpc) is 2.77. The number of aromatic nitrogens is 2. The molecule has 1 aliphatic carbocycles. The van der Waals surface area contributed by atoms with Gasteiger partial charge in [0.25, 0.3) is 0 Å². The maximum atomic E-state index is 13.0. The minimum absolute atomic E-state index is 0.0209. The van der Waals surface area contributed by atoms with E-state index in [4.69, 9.17) is 21.4 Å². The molecule has 0 amide bonds. The van der Waals surface area contributed by atoms with Gasteiger partial charge in [-0.1, -0.05) is 36.7 Å². The third-order valence-corrected chi connectivity index (χ3v) is 4.43. The smallest absolute Gasteiger partial charge is 0.231 e. The predicted molar refractivity (Wildman–Crippen MR) is 74.1 cm³/mol. The summed E-state index contributed by atoms with van der Waals surface area (Å²) in [6.07, 6.45) is 0.368. The Morgan fingerprint density at radius 2 is 2.24 bits per heavy atom. The molecule has 1 fully saturated rings. The normalized spacial score (nSPS) is 22.8. The van der Waals surface area contributed by atoms with Crippen molar-refractivity contribution >= 4 is 11.6 Å². The van der Waals surface area contributed by atoms with Gasteiger partial charge in [0.15, 0.2) is 5.82 Å². The van der Waals surface area contributed by atoms with Crippen LogP contribution in [0.2, 0.25) is 5.02 Å². The van der Waals surface area contributed by atoms with Crippen molar-refractivity contribution < 1.29 is 8.91 Å². The molecule has 1 aliphatic rings. The maximum absolute atomic E-state index is 13.0. The molecule has 6 heteroatoms. The second kappa shape index (κ2) is 4.81. The van der Waals surface area contributed by atoms with Crippen molar-refractivity contribution in [2.24, 2.45) is 11.3 Å². The molecule has 2 unspecified atom stereocenters. The maximum Gasteiger partial charge on any atom is 0.231 e. The van der Waals surface area contributed by atoms with Gasteiger partial charge in [0.1, 0.15) is 5.82 Å². The van der Waals surface area contributed by atoms with Gasteiger partial charge < -0.3 is 4.52 Å². The van der Waals surface area contributed by atoms with E-state index in [1.54, 1.807) is 6.07 Å². The molecule has 1 aromatic heterocycles. The van der Waals surface area contributed by atoms with Crippen LogP contribution in [0.15, 0.2) is 22.7 Å². The number of rotatable bonds is 3. The zero-order valence-corrected chi connectivity index (χ0v) is 12.4. The molecular formula is C15H13ClFN3O. The van der Waals surface area contributed by atoms with Crippen LogP contribution in [0.3, 0.4) is 0 Å². The molecule has 0 saturated heterocycles. The first-order chi connectivity index (χ1) is 9.93.